The number of carbonyl (C=O) groups excluding carboxylic acids is 2. The van der Waals surface area contributed by atoms with Crippen LogP contribution in [-0.4, -0.2) is 41.0 Å². The topological polar surface area (TPSA) is 59.5 Å². The number of hydrogen-bond acceptors (Lipinski definition) is 4. The first kappa shape index (κ1) is 14.5. The summed E-state index contributed by atoms with van der Waals surface area (Å²) in [6.45, 7) is 5.20. The zero-order valence-electron chi connectivity index (χ0n) is 12.0. The Hall–Kier alpha value is -1.91. The second-order valence-corrected chi connectivity index (χ2v) is 5.24. The van der Waals surface area contributed by atoms with Crippen molar-refractivity contribution in [2.45, 2.75) is 39.2 Å². The molecule has 20 heavy (non-hydrogen) atoms. The molecular weight excluding hydrogens is 256 g/mol. The Morgan fingerprint density at radius 1 is 1.50 bits per heavy atom. The van der Waals surface area contributed by atoms with Gasteiger partial charge in [-0.3, -0.25) is 9.78 Å². The normalized spacial score (nSPS) is 16.3. The lowest BCUT2D eigenvalue weighted by Gasteiger charge is -2.19. The van der Waals surface area contributed by atoms with E-state index in [-0.39, 0.29) is 18.0 Å². The van der Waals surface area contributed by atoms with Crippen molar-refractivity contribution in [3.8, 4) is 0 Å². The first-order valence-corrected chi connectivity index (χ1v) is 6.96. The van der Waals surface area contributed by atoms with Crippen LogP contribution in [0.5, 0.6) is 0 Å². The highest BCUT2D eigenvalue weighted by atomic mass is 16.5. The Balaban J connectivity index is 1.80. The van der Waals surface area contributed by atoms with Gasteiger partial charge in [0.1, 0.15) is 6.10 Å². The molecule has 1 saturated heterocycles. The van der Waals surface area contributed by atoms with E-state index < -0.39 is 0 Å². The molecule has 0 aliphatic carbocycles. The average Bonchev–Trinajstić information content (AvgIpc) is 2.82. The van der Waals surface area contributed by atoms with Crippen LogP contribution in [0, 0.1) is 6.92 Å². The molecule has 2 rings (SSSR count). The van der Waals surface area contributed by atoms with Crippen molar-refractivity contribution in [2.75, 3.05) is 13.1 Å². The van der Waals surface area contributed by atoms with E-state index in [1.807, 2.05) is 18.7 Å². The highest BCUT2D eigenvalue weighted by molar-refractivity contribution is 5.89. The van der Waals surface area contributed by atoms with E-state index in [2.05, 4.69) is 4.98 Å². The summed E-state index contributed by atoms with van der Waals surface area (Å²) in [5.74, 6) is -0.159. The fraction of sp³-hybridized carbons (Fsp3) is 0.533. The molecular formula is C15H20N2O3. The summed E-state index contributed by atoms with van der Waals surface area (Å²) in [6, 6.07) is 1.76. The van der Waals surface area contributed by atoms with Gasteiger partial charge < -0.3 is 9.64 Å². The lowest BCUT2D eigenvalue weighted by Crippen LogP contribution is -2.29. The second-order valence-electron chi connectivity index (χ2n) is 5.24. The molecule has 1 aromatic heterocycles. The largest absolute Gasteiger partial charge is 0.459 e. The summed E-state index contributed by atoms with van der Waals surface area (Å²) in [5.41, 5.74) is 1.39. The molecule has 1 unspecified atom stereocenters. The predicted molar refractivity (Wildman–Crippen MR) is 74.3 cm³/mol. The van der Waals surface area contributed by atoms with Gasteiger partial charge in [-0.05, 0) is 31.9 Å². The molecule has 0 radical (unpaired) electrons. The molecule has 0 saturated carbocycles. The Morgan fingerprint density at radius 2 is 2.30 bits per heavy atom. The van der Waals surface area contributed by atoms with Crippen LogP contribution in [0.15, 0.2) is 18.5 Å². The summed E-state index contributed by atoms with van der Waals surface area (Å²) in [7, 11) is 0. The van der Waals surface area contributed by atoms with Gasteiger partial charge in [-0.1, -0.05) is 0 Å². The quantitative estimate of drug-likeness (QED) is 0.771. The zero-order valence-corrected chi connectivity index (χ0v) is 12.0. The highest BCUT2D eigenvalue weighted by Crippen LogP contribution is 2.12. The molecule has 0 aromatic carbocycles. The lowest BCUT2D eigenvalue weighted by atomic mass is 10.2. The van der Waals surface area contributed by atoms with Crippen molar-refractivity contribution in [1.29, 1.82) is 0 Å². The number of aromatic nitrogens is 1. The molecule has 0 spiro atoms. The van der Waals surface area contributed by atoms with Gasteiger partial charge in [0.05, 0.1) is 5.56 Å². The molecule has 108 valence electrons. The van der Waals surface area contributed by atoms with Gasteiger partial charge in [-0.2, -0.15) is 0 Å². The van der Waals surface area contributed by atoms with Crippen molar-refractivity contribution in [2.24, 2.45) is 0 Å². The standard InChI is InChI=1S/C15H20N2O3/c1-11-8-13(10-16-9-11)15(19)20-12(2)5-7-17-6-3-4-14(17)18/h8-10,12H,3-7H2,1-2H3. The van der Waals surface area contributed by atoms with Crippen LogP contribution in [-0.2, 0) is 9.53 Å². The number of amides is 1. The number of hydrogen-bond donors (Lipinski definition) is 0. The third-order valence-corrected chi connectivity index (χ3v) is 3.40. The number of carbonyl (C=O) groups is 2. The number of likely N-dealkylation sites (tertiary alicyclic amines) is 1. The Bertz CT molecular complexity index is 502. The van der Waals surface area contributed by atoms with Gasteiger partial charge in [0.2, 0.25) is 5.91 Å². The van der Waals surface area contributed by atoms with Crippen molar-refractivity contribution < 1.29 is 14.3 Å². The number of aryl methyl sites for hydroxylation is 1. The molecule has 1 atom stereocenters. The minimum atomic E-state index is -0.360. The smallest absolute Gasteiger partial charge is 0.339 e. The second kappa shape index (κ2) is 6.50. The SMILES string of the molecule is Cc1cncc(C(=O)OC(C)CCN2CCCC2=O)c1. The van der Waals surface area contributed by atoms with Crippen LogP contribution in [0.2, 0.25) is 0 Å². The van der Waals surface area contributed by atoms with E-state index in [9.17, 15) is 9.59 Å². The number of esters is 1. The van der Waals surface area contributed by atoms with Gasteiger partial charge in [0.15, 0.2) is 0 Å². The molecule has 1 aromatic rings. The van der Waals surface area contributed by atoms with Crippen molar-refractivity contribution in [3.63, 3.8) is 0 Å². The minimum Gasteiger partial charge on any atom is -0.459 e. The predicted octanol–water partition coefficient (Wildman–Crippen LogP) is 1.95. The van der Waals surface area contributed by atoms with Crippen LogP contribution in [0.3, 0.4) is 0 Å². The fourth-order valence-corrected chi connectivity index (χ4v) is 2.25. The molecule has 0 N–H and O–H groups in total. The van der Waals surface area contributed by atoms with E-state index in [1.54, 1.807) is 12.3 Å². The highest BCUT2D eigenvalue weighted by Gasteiger charge is 2.21. The van der Waals surface area contributed by atoms with Crippen LogP contribution < -0.4 is 0 Å². The van der Waals surface area contributed by atoms with Gasteiger partial charge in [-0.25, -0.2) is 4.79 Å². The van der Waals surface area contributed by atoms with E-state index in [1.165, 1.54) is 6.20 Å². The van der Waals surface area contributed by atoms with Gasteiger partial charge in [0, 0.05) is 38.3 Å². The maximum Gasteiger partial charge on any atom is 0.339 e. The Kier molecular flexibility index (Phi) is 4.71. The fourth-order valence-electron chi connectivity index (χ4n) is 2.25. The van der Waals surface area contributed by atoms with Gasteiger partial charge in [-0.15, -0.1) is 0 Å². The number of rotatable bonds is 5. The summed E-state index contributed by atoms with van der Waals surface area (Å²) in [6.07, 6.45) is 5.23. The summed E-state index contributed by atoms with van der Waals surface area (Å²) >= 11 is 0. The average molecular weight is 276 g/mol. The molecule has 1 aliphatic heterocycles. The number of pyridine rings is 1. The molecule has 1 fully saturated rings. The van der Waals surface area contributed by atoms with Crippen molar-refractivity contribution >= 4 is 11.9 Å². The van der Waals surface area contributed by atoms with Crippen LogP contribution in [0.1, 0.15) is 42.1 Å². The monoisotopic (exact) mass is 276 g/mol. The lowest BCUT2D eigenvalue weighted by molar-refractivity contribution is -0.127. The first-order chi connectivity index (χ1) is 9.56. The van der Waals surface area contributed by atoms with E-state index >= 15 is 0 Å². The molecule has 5 nitrogen and oxygen atoms in total. The van der Waals surface area contributed by atoms with E-state index in [0.717, 1.165) is 18.5 Å². The van der Waals surface area contributed by atoms with Crippen molar-refractivity contribution in [1.82, 2.24) is 9.88 Å². The van der Waals surface area contributed by atoms with Crippen LogP contribution >= 0.6 is 0 Å². The summed E-state index contributed by atoms with van der Waals surface area (Å²) in [5, 5.41) is 0. The summed E-state index contributed by atoms with van der Waals surface area (Å²) < 4.78 is 5.37. The van der Waals surface area contributed by atoms with Crippen LogP contribution in [0.4, 0.5) is 0 Å². The summed E-state index contributed by atoms with van der Waals surface area (Å²) in [4.78, 5) is 29.2. The van der Waals surface area contributed by atoms with Gasteiger partial charge in [0.25, 0.3) is 0 Å². The molecule has 2 heterocycles. The Labute approximate surface area is 118 Å². The maximum atomic E-state index is 11.9. The van der Waals surface area contributed by atoms with Gasteiger partial charge >= 0.3 is 5.97 Å². The first-order valence-electron chi connectivity index (χ1n) is 6.96. The van der Waals surface area contributed by atoms with Crippen molar-refractivity contribution in [3.05, 3.63) is 29.6 Å². The van der Waals surface area contributed by atoms with E-state index in [0.29, 0.717) is 24.9 Å². The maximum absolute atomic E-state index is 11.9. The number of nitrogens with zero attached hydrogens (tertiary/aromatic N) is 2. The zero-order chi connectivity index (χ0) is 14.5. The van der Waals surface area contributed by atoms with Crippen LogP contribution in [0.25, 0.3) is 0 Å². The third-order valence-electron chi connectivity index (χ3n) is 3.40. The molecule has 1 aliphatic rings. The minimum absolute atomic E-state index is 0.200. The van der Waals surface area contributed by atoms with E-state index in [4.69, 9.17) is 4.74 Å². The third kappa shape index (κ3) is 3.79. The number of ether oxygens (including phenoxy) is 1. The Morgan fingerprint density at radius 3 is 2.95 bits per heavy atom. The molecule has 1 amide bonds. The molecule has 5 heteroatoms. The molecule has 0 bridgehead atoms.